The van der Waals surface area contributed by atoms with E-state index >= 15 is 0 Å². The van der Waals surface area contributed by atoms with E-state index in [1.807, 2.05) is 0 Å². The molecule has 0 fully saturated rings. The number of nitrogens with two attached hydrogens (primary N) is 1. The number of hydrogen-bond donors (Lipinski definition) is 2. The molecule has 0 heterocycles. The highest BCUT2D eigenvalue weighted by Gasteiger charge is 2.03. The van der Waals surface area contributed by atoms with Gasteiger partial charge in [-0.2, -0.15) is 0 Å². The maximum atomic E-state index is 10.4. The van der Waals surface area contributed by atoms with Crippen molar-refractivity contribution in [2.75, 3.05) is 6.61 Å². The molecule has 1 unspecified atom stereocenters. The van der Waals surface area contributed by atoms with Crippen LogP contribution in [0, 0.1) is 0 Å². The minimum atomic E-state index is -0.242. The average molecular weight is 147 g/mol. The molecule has 0 aromatic rings. The second-order valence-corrected chi connectivity index (χ2v) is 2.30. The molecule has 0 aromatic heterocycles. The van der Waals surface area contributed by atoms with Crippen LogP contribution in [0.2, 0.25) is 0 Å². The molecule has 0 amide bonds. The first kappa shape index (κ1) is 9.55. The van der Waals surface area contributed by atoms with Crippen molar-refractivity contribution in [3.8, 4) is 0 Å². The fourth-order valence-electron chi connectivity index (χ4n) is 0.568. The number of Topliss-reactive ketones (excluding diaryl/α,β-unsaturated/α-hetero) is 1. The molecule has 4 nitrogen and oxygen atoms in total. The van der Waals surface area contributed by atoms with E-state index in [1.54, 1.807) is 0 Å². The number of carbonyl (C=O) groups excluding carboxylic acids is 1. The molecule has 10 heavy (non-hydrogen) atoms. The molecular formula is C6H13NO3. The molecule has 3 N–H and O–H groups in total. The molecule has 1 atom stereocenters. The minimum Gasteiger partial charge on any atom is -0.326 e. The molecular weight excluding hydrogens is 134 g/mol. The van der Waals surface area contributed by atoms with Crippen molar-refractivity contribution in [3.63, 3.8) is 0 Å². The van der Waals surface area contributed by atoms with E-state index in [2.05, 4.69) is 4.89 Å². The second-order valence-electron chi connectivity index (χ2n) is 2.30. The first-order valence-corrected chi connectivity index (χ1v) is 3.18. The van der Waals surface area contributed by atoms with Gasteiger partial charge < -0.3 is 10.5 Å². The Morgan fingerprint density at radius 3 is 2.80 bits per heavy atom. The second kappa shape index (κ2) is 5.34. The zero-order chi connectivity index (χ0) is 7.98. The van der Waals surface area contributed by atoms with E-state index in [-0.39, 0.29) is 18.4 Å². The summed E-state index contributed by atoms with van der Waals surface area (Å²) in [4.78, 5) is 14.2. The number of rotatable bonds is 5. The molecule has 0 aliphatic heterocycles. The van der Waals surface area contributed by atoms with Gasteiger partial charge in [-0.15, -0.1) is 0 Å². The summed E-state index contributed by atoms with van der Waals surface area (Å²) < 4.78 is 0. The molecule has 0 aliphatic carbocycles. The third-order valence-corrected chi connectivity index (χ3v) is 1.16. The van der Waals surface area contributed by atoms with Crippen LogP contribution in [0.3, 0.4) is 0 Å². The van der Waals surface area contributed by atoms with E-state index in [0.717, 1.165) is 0 Å². The Bertz CT molecular complexity index is 105. The molecule has 0 rings (SSSR count). The first-order valence-electron chi connectivity index (χ1n) is 3.18. The maximum absolute atomic E-state index is 10.4. The van der Waals surface area contributed by atoms with Gasteiger partial charge in [-0.25, -0.2) is 4.89 Å². The molecule has 0 radical (unpaired) electrons. The van der Waals surface area contributed by atoms with E-state index in [1.165, 1.54) is 6.92 Å². The number of carbonyl (C=O) groups is 1. The summed E-state index contributed by atoms with van der Waals surface area (Å²) >= 11 is 0. The van der Waals surface area contributed by atoms with Crippen molar-refractivity contribution in [2.45, 2.75) is 25.8 Å². The number of ketones is 1. The van der Waals surface area contributed by atoms with Crippen LogP contribution in [-0.2, 0) is 9.68 Å². The van der Waals surface area contributed by atoms with Crippen molar-refractivity contribution in [2.24, 2.45) is 5.73 Å². The summed E-state index contributed by atoms with van der Waals surface area (Å²) in [5.41, 5.74) is 5.40. The predicted octanol–water partition coefficient (Wildman–Crippen LogP) is 0.172. The van der Waals surface area contributed by atoms with Gasteiger partial charge in [-0.1, -0.05) is 0 Å². The Kier molecular flexibility index (Phi) is 5.10. The molecule has 0 bridgehead atoms. The summed E-state index contributed by atoms with van der Waals surface area (Å²) in [5, 5.41) is 7.94. The van der Waals surface area contributed by atoms with Gasteiger partial charge in [-0.3, -0.25) is 5.26 Å². The lowest BCUT2D eigenvalue weighted by Gasteiger charge is -2.06. The van der Waals surface area contributed by atoms with Crippen LogP contribution in [0.15, 0.2) is 0 Å². The van der Waals surface area contributed by atoms with Gasteiger partial charge in [0.2, 0.25) is 0 Å². The summed E-state index contributed by atoms with van der Waals surface area (Å²) in [6.45, 7) is 1.60. The summed E-state index contributed by atoms with van der Waals surface area (Å²) in [5.74, 6) is 0.105. The Balaban J connectivity index is 3.21. The quantitative estimate of drug-likeness (QED) is 0.429. The van der Waals surface area contributed by atoms with Gasteiger partial charge in [0.05, 0.1) is 6.61 Å². The molecule has 0 aliphatic rings. The highest BCUT2D eigenvalue weighted by atomic mass is 17.1. The molecule has 4 heteroatoms. The topological polar surface area (TPSA) is 72.6 Å². The Morgan fingerprint density at radius 2 is 2.40 bits per heavy atom. The van der Waals surface area contributed by atoms with E-state index in [4.69, 9.17) is 11.0 Å². The van der Waals surface area contributed by atoms with Crippen molar-refractivity contribution in [1.29, 1.82) is 0 Å². The number of hydrogen-bond acceptors (Lipinski definition) is 4. The Morgan fingerprint density at radius 1 is 1.80 bits per heavy atom. The molecule has 0 spiro atoms. The smallest absolute Gasteiger partial charge is 0.129 e. The highest BCUT2D eigenvalue weighted by Crippen LogP contribution is 1.94. The Hall–Kier alpha value is -0.450. The largest absolute Gasteiger partial charge is 0.326 e. The lowest BCUT2D eigenvalue weighted by molar-refractivity contribution is -0.245. The third-order valence-electron chi connectivity index (χ3n) is 1.16. The van der Waals surface area contributed by atoms with Crippen LogP contribution in [0.5, 0.6) is 0 Å². The Labute approximate surface area is 59.9 Å². The van der Waals surface area contributed by atoms with E-state index in [9.17, 15) is 4.79 Å². The average Bonchev–Trinajstić information content (AvgIpc) is 1.85. The van der Waals surface area contributed by atoms with Gasteiger partial charge in [0.15, 0.2) is 0 Å². The van der Waals surface area contributed by atoms with Gasteiger partial charge in [0.1, 0.15) is 5.78 Å². The lowest BCUT2D eigenvalue weighted by atomic mass is 10.1. The summed E-state index contributed by atoms with van der Waals surface area (Å²) in [6, 6.07) is -0.242. The fourth-order valence-corrected chi connectivity index (χ4v) is 0.568. The highest BCUT2D eigenvalue weighted by molar-refractivity contribution is 5.75. The first-order chi connectivity index (χ1) is 4.66. The van der Waals surface area contributed by atoms with Gasteiger partial charge in [0, 0.05) is 12.5 Å². The van der Waals surface area contributed by atoms with Crippen molar-refractivity contribution in [1.82, 2.24) is 0 Å². The van der Waals surface area contributed by atoms with Crippen LogP contribution >= 0.6 is 0 Å². The molecule has 0 saturated carbocycles. The fraction of sp³-hybridized carbons (Fsp3) is 0.833. The van der Waals surface area contributed by atoms with Crippen LogP contribution in [0.25, 0.3) is 0 Å². The van der Waals surface area contributed by atoms with Crippen molar-refractivity contribution in [3.05, 3.63) is 0 Å². The normalized spacial score (nSPS) is 13.1. The van der Waals surface area contributed by atoms with Crippen LogP contribution in [0.4, 0.5) is 0 Å². The van der Waals surface area contributed by atoms with E-state index in [0.29, 0.717) is 12.8 Å². The van der Waals surface area contributed by atoms with Gasteiger partial charge in [0.25, 0.3) is 0 Å². The zero-order valence-electron chi connectivity index (χ0n) is 6.04. The summed E-state index contributed by atoms with van der Waals surface area (Å²) in [7, 11) is 0. The van der Waals surface area contributed by atoms with Crippen LogP contribution in [0.1, 0.15) is 19.8 Å². The SMILES string of the molecule is CC(=O)CCC(N)COO. The molecule has 0 aromatic carbocycles. The van der Waals surface area contributed by atoms with Crippen molar-refractivity contribution >= 4 is 5.78 Å². The monoisotopic (exact) mass is 147 g/mol. The lowest BCUT2D eigenvalue weighted by Crippen LogP contribution is -2.26. The maximum Gasteiger partial charge on any atom is 0.129 e. The van der Waals surface area contributed by atoms with Crippen molar-refractivity contribution < 1.29 is 14.9 Å². The van der Waals surface area contributed by atoms with Crippen LogP contribution in [-0.4, -0.2) is 23.7 Å². The van der Waals surface area contributed by atoms with Gasteiger partial charge in [-0.05, 0) is 13.3 Å². The van der Waals surface area contributed by atoms with E-state index < -0.39 is 0 Å². The zero-order valence-corrected chi connectivity index (χ0v) is 6.04. The molecule has 60 valence electrons. The standard InChI is InChI=1S/C6H13NO3/c1-5(8)2-3-6(7)4-10-9/h6,9H,2-4,7H2,1H3. The molecule has 0 saturated heterocycles. The van der Waals surface area contributed by atoms with Crippen LogP contribution < -0.4 is 5.73 Å². The van der Waals surface area contributed by atoms with Gasteiger partial charge >= 0.3 is 0 Å². The summed E-state index contributed by atoms with van der Waals surface area (Å²) in [6.07, 6.45) is 1.01. The minimum absolute atomic E-state index is 0.0906. The third kappa shape index (κ3) is 5.68. The predicted molar refractivity (Wildman–Crippen MR) is 36.5 cm³/mol.